The third-order valence-corrected chi connectivity index (χ3v) is 1.57. The molecule has 13 heavy (non-hydrogen) atoms. The molecule has 1 rings (SSSR count). The molecule has 2 N–H and O–H groups in total. The molecule has 0 fully saturated rings. The zero-order chi connectivity index (χ0) is 9.68. The molecule has 0 radical (unpaired) electrons. The fourth-order valence-electron chi connectivity index (χ4n) is 0.939. The molecule has 0 spiro atoms. The standard InChI is InChI=1S/C9H11NO2S/c10-8-3-1-2-7(4-8)5-12-6-9(11)13/h1-4H,5-6,10H2,(H,11,13). The fourth-order valence-corrected chi connectivity index (χ4v) is 1.03. The van der Waals surface area contributed by atoms with Gasteiger partial charge in [-0.15, -0.1) is 12.6 Å². The Morgan fingerprint density at radius 3 is 2.92 bits per heavy atom. The number of anilines is 1. The number of carbonyl (C=O) groups is 1. The monoisotopic (exact) mass is 197 g/mol. The summed E-state index contributed by atoms with van der Waals surface area (Å²) in [6.45, 7) is 0.412. The van der Waals surface area contributed by atoms with E-state index in [1.807, 2.05) is 18.2 Å². The van der Waals surface area contributed by atoms with Crippen molar-refractivity contribution in [2.24, 2.45) is 0 Å². The van der Waals surface area contributed by atoms with Gasteiger partial charge in [0.2, 0.25) is 5.12 Å². The second-order valence-corrected chi connectivity index (χ2v) is 3.13. The van der Waals surface area contributed by atoms with E-state index in [-0.39, 0.29) is 11.7 Å². The van der Waals surface area contributed by atoms with Crippen molar-refractivity contribution in [3.8, 4) is 0 Å². The van der Waals surface area contributed by atoms with Crippen LogP contribution in [0.3, 0.4) is 0 Å². The molecule has 1 aromatic rings. The molecule has 0 amide bonds. The molecule has 0 saturated carbocycles. The molecule has 70 valence electrons. The first-order valence-corrected chi connectivity index (χ1v) is 4.27. The van der Waals surface area contributed by atoms with Gasteiger partial charge >= 0.3 is 0 Å². The lowest BCUT2D eigenvalue weighted by Crippen LogP contribution is -2.01. The SMILES string of the molecule is Nc1cccc(COCC(=O)S)c1. The number of rotatable bonds is 4. The summed E-state index contributed by atoms with van der Waals surface area (Å²) in [6, 6.07) is 7.34. The maximum absolute atomic E-state index is 10.4. The van der Waals surface area contributed by atoms with E-state index >= 15 is 0 Å². The number of hydrogen-bond donors (Lipinski definition) is 2. The molecular formula is C9H11NO2S. The lowest BCUT2D eigenvalue weighted by atomic mass is 10.2. The number of thiol groups is 1. The van der Waals surface area contributed by atoms with Gasteiger partial charge in [-0.3, -0.25) is 4.79 Å². The number of hydrogen-bond acceptors (Lipinski definition) is 3. The summed E-state index contributed by atoms with van der Waals surface area (Å²) in [5.74, 6) is 0. The van der Waals surface area contributed by atoms with Gasteiger partial charge < -0.3 is 10.5 Å². The van der Waals surface area contributed by atoms with Gasteiger partial charge in [0.05, 0.1) is 6.61 Å². The van der Waals surface area contributed by atoms with Crippen LogP contribution >= 0.6 is 12.6 Å². The predicted octanol–water partition coefficient (Wildman–Crippen LogP) is 1.24. The normalized spacial score (nSPS) is 9.92. The maximum atomic E-state index is 10.4. The van der Waals surface area contributed by atoms with Crippen LogP contribution in [0.4, 0.5) is 5.69 Å². The average molecular weight is 197 g/mol. The van der Waals surface area contributed by atoms with Crippen molar-refractivity contribution in [1.82, 2.24) is 0 Å². The summed E-state index contributed by atoms with van der Waals surface area (Å²) < 4.78 is 5.05. The first-order chi connectivity index (χ1) is 6.18. The van der Waals surface area contributed by atoms with E-state index in [0.29, 0.717) is 12.3 Å². The van der Waals surface area contributed by atoms with Crippen LogP contribution in [0.15, 0.2) is 24.3 Å². The Labute approximate surface area is 82.3 Å². The molecule has 4 heteroatoms. The molecule has 0 bridgehead atoms. The minimum atomic E-state index is -0.274. The number of nitrogens with two attached hydrogens (primary N) is 1. The summed E-state index contributed by atoms with van der Waals surface area (Å²) in [6.07, 6.45) is 0. The Kier molecular flexibility index (Phi) is 3.79. The first-order valence-electron chi connectivity index (χ1n) is 3.82. The Hall–Kier alpha value is -1.00. The van der Waals surface area contributed by atoms with Crippen molar-refractivity contribution in [3.05, 3.63) is 29.8 Å². The summed E-state index contributed by atoms with van der Waals surface area (Å²) in [4.78, 5) is 10.4. The summed E-state index contributed by atoms with van der Waals surface area (Å²) in [7, 11) is 0. The zero-order valence-corrected chi connectivity index (χ0v) is 7.96. The van der Waals surface area contributed by atoms with E-state index < -0.39 is 0 Å². The molecule has 0 aromatic heterocycles. The van der Waals surface area contributed by atoms with Gasteiger partial charge in [0, 0.05) is 5.69 Å². The van der Waals surface area contributed by atoms with Crippen molar-refractivity contribution in [2.75, 3.05) is 12.3 Å². The maximum Gasteiger partial charge on any atom is 0.211 e. The molecule has 0 aliphatic carbocycles. The van der Waals surface area contributed by atoms with Crippen LogP contribution < -0.4 is 5.73 Å². The van der Waals surface area contributed by atoms with E-state index in [1.54, 1.807) is 6.07 Å². The summed E-state index contributed by atoms with van der Waals surface area (Å²) >= 11 is 3.58. The molecule has 1 aromatic carbocycles. The highest BCUT2D eigenvalue weighted by molar-refractivity contribution is 7.96. The Morgan fingerprint density at radius 1 is 1.54 bits per heavy atom. The Morgan fingerprint density at radius 2 is 2.31 bits per heavy atom. The van der Waals surface area contributed by atoms with E-state index in [9.17, 15) is 4.79 Å². The van der Waals surface area contributed by atoms with E-state index in [0.717, 1.165) is 5.56 Å². The molecular weight excluding hydrogens is 186 g/mol. The van der Waals surface area contributed by atoms with E-state index in [2.05, 4.69) is 12.6 Å². The molecule has 0 unspecified atom stereocenters. The molecule has 0 saturated heterocycles. The van der Waals surface area contributed by atoms with Crippen molar-refractivity contribution < 1.29 is 9.53 Å². The topological polar surface area (TPSA) is 52.3 Å². The van der Waals surface area contributed by atoms with Crippen LogP contribution in [-0.4, -0.2) is 11.7 Å². The van der Waals surface area contributed by atoms with Crippen molar-refractivity contribution in [3.63, 3.8) is 0 Å². The molecule has 0 heterocycles. The summed E-state index contributed by atoms with van der Waals surface area (Å²) in [5, 5.41) is -0.274. The predicted molar refractivity (Wildman–Crippen MR) is 54.5 cm³/mol. The van der Waals surface area contributed by atoms with Gasteiger partial charge in [-0.1, -0.05) is 12.1 Å². The van der Waals surface area contributed by atoms with Crippen LogP contribution in [0.1, 0.15) is 5.56 Å². The van der Waals surface area contributed by atoms with Crippen LogP contribution in [0, 0.1) is 0 Å². The lowest BCUT2D eigenvalue weighted by Gasteiger charge is -2.02. The molecule has 0 aliphatic rings. The van der Waals surface area contributed by atoms with E-state index in [4.69, 9.17) is 10.5 Å². The lowest BCUT2D eigenvalue weighted by molar-refractivity contribution is -0.115. The van der Waals surface area contributed by atoms with Crippen LogP contribution in [0.25, 0.3) is 0 Å². The van der Waals surface area contributed by atoms with Gasteiger partial charge in [0.1, 0.15) is 6.61 Å². The largest absolute Gasteiger partial charge is 0.399 e. The van der Waals surface area contributed by atoms with Gasteiger partial charge in [0.15, 0.2) is 0 Å². The zero-order valence-electron chi connectivity index (χ0n) is 7.06. The highest BCUT2D eigenvalue weighted by atomic mass is 32.1. The van der Waals surface area contributed by atoms with Gasteiger partial charge in [-0.25, -0.2) is 0 Å². The van der Waals surface area contributed by atoms with E-state index in [1.165, 1.54) is 0 Å². The first kappa shape index (κ1) is 10.1. The summed E-state index contributed by atoms with van der Waals surface area (Å²) in [5.41, 5.74) is 7.20. The van der Waals surface area contributed by atoms with Gasteiger partial charge in [-0.2, -0.15) is 0 Å². The number of benzene rings is 1. The molecule has 3 nitrogen and oxygen atoms in total. The minimum Gasteiger partial charge on any atom is -0.399 e. The van der Waals surface area contributed by atoms with Crippen LogP contribution in [-0.2, 0) is 16.1 Å². The Balaban J connectivity index is 2.41. The number of nitrogen functional groups attached to an aromatic ring is 1. The quantitative estimate of drug-likeness (QED) is 0.564. The minimum absolute atomic E-state index is 0.0257. The highest BCUT2D eigenvalue weighted by Gasteiger charge is 1.96. The average Bonchev–Trinajstić information content (AvgIpc) is 2.03. The highest BCUT2D eigenvalue weighted by Crippen LogP contribution is 2.07. The third-order valence-electron chi connectivity index (χ3n) is 1.45. The Bertz CT molecular complexity index is 301. The second-order valence-electron chi connectivity index (χ2n) is 2.63. The van der Waals surface area contributed by atoms with Crippen LogP contribution in [0.5, 0.6) is 0 Å². The van der Waals surface area contributed by atoms with Gasteiger partial charge in [-0.05, 0) is 17.7 Å². The number of ether oxygens (including phenoxy) is 1. The second kappa shape index (κ2) is 4.89. The van der Waals surface area contributed by atoms with Crippen molar-refractivity contribution >= 4 is 23.4 Å². The van der Waals surface area contributed by atoms with Gasteiger partial charge in [0.25, 0.3) is 0 Å². The molecule has 0 aliphatic heterocycles. The third kappa shape index (κ3) is 3.96. The van der Waals surface area contributed by atoms with Crippen molar-refractivity contribution in [1.29, 1.82) is 0 Å². The van der Waals surface area contributed by atoms with Crippen molar-refractivity contribution in [2.45, 2.75) is 6.61 Å². The van der Waals surface area contributed by atoms with Crippen LogP contribution in [0.2, 0.25) is 0 Å². The molecule has 0 atom stereocenters. The number of carbonyl (C=O) groups excluding carboxylic acids is 1. The smallest absolute Gasteiger partial charge is 0.211 e. The fraction of sp³-hybridized carbons (Fsp3) is 0.222.